The lowest BCUT2D eigenvalue weighted by atomic mass is 10.1. The third kappa shape index (κ3) is 4.28. The molecule has 0 aliphatic heterocycles. The number of hydrogen-bond donors (Lipinski definition) is 2. The highest BCUT2D eigenvalue weighted by atomic mass is 35.5. The van der Waals surface area contributed by atoms with E-state index in [1.807, 2.05) is 60.7 Å². The van der Waals surface area contributed by atoms with Crippen LogP contribution in [0.4, 0.5) is 5.69 Å². The number of carboxylic acid groups (broad SMARTS) is 1. The van der Waals surface area contributed by atoms with Crippen LogP contribution in [0, 0.1) is 0 Å². The van der Waals surface area contributed by atoms with Crippen LogP contribution in [0.2, 0.25) is 0 Å². The van der Waals surface area contributed by atoms with Crippen molar-refractivity contribution >= 4 is 34.3 Å². The minimum atomic E-state index is -1.03. The Morgan fingerprint density at radius 3 is 2.47 bits per heavy atom. The van der Waals surface area contributed by atoms with Crippen LogP contribution >= 0.6 is 11.6 Å². The summed E-state index contributed by atoms with van der Waals surface area (Å²) in [5, 5.41) is 17.7. The van der Waals surface area contributed by atoms with Gasteiger partial charge in [0.05, 0.1) is 29.2 Å². The fourth-order valence-electron chi connectivity index (χ4n) is 3.41. The number of pyridine rings is 1. The fourth-order valence-corrected chi connectivity index (χ4v) is 3.68. The van der Waals surface area contributed by atoms with Crippen molar-refractivity contribution in [3.05, 3.63) is 89.7 Å². The van der Waals surface area contributed by atoms with E-state index in [1.165, 1.54) is 11.8 Å². The molecule has 2 aromatic carbocycles. The van der Waals surface area contributed by atoms with Gasteiger partial charge in [0.25, 0.3) is 0 Å². The number of halogens is 1. The Morgan fingerprint density at radius 1 is 1.07 bits per heavy atom. The molecule has 1 unspecified atom stereocenters. The van der Waals surface area contributed by atoms with E-state index in [-0.39, 0.29) is 10.9 Å². The predicted molar refractivity (Wildman–Crippen MR) is 118 cm³/mol. The lowest BCUT2D eigenvalue weighted by Crippen LogP contribution is -2.11. The third-order valence-electron chi connectivity index (χ3n) is 4.95. The maximum atomic E-state index is 11.7. The van der Waals surface area contributed by atoms with Gasteiger partial charge in [-0.05, 0) is 17.5 Å². The second kappa shape index (κ2) is 8.97. The number of rotatable bonds is 8. The van der Waals surface area contributed by atoms with E-state index in [2.05, 4.69) is 15.4 Å². The molecule has 4 rings (SSSR count). The number of benzene rings is 2. The molecule has 2 N–H and O–H groups in total. The largest absolute Gasteiger partial charge is 0.478 e. The zero-order valence-electron chi connectivity index (χ0n) is 16.2. The van der Waals surface area contributed by atoms with E-state index in [1.54, 1.807) is 10.9 Å². The van der Waals surface area contributed by atoms with E-state index in [4.69, 9.17) is 11.6 Å². The van der Waals surface area contributed by atoms with Gasteiger partial charge in [-0.1, -0.05) is 60.7 Å². The van der Waals surface area contributed by atoms with Crippen molar-refractivity contribution in [3.8, 4) is 0 Å². The van der Waals surface area contributed by atoms with Gasteiger partial charge in [-0.3, -0.25) is 0 Å². The summed E-state index contributed by atoms with van der Waals surface area (Å²) in [6.45, 7) is 1.02. The van der Waals surface area contributed by atoms with Gasteiger partial charge in [0.1, 0.15) is 5.56 Å². The summed E-state index contributed by atoms with van der Waals surface area (Å²) >= 11 is 6.57. The number of nitrogens with one attached hydrogen (secondary N) is 1. The molecule has 0 amide bonds. The summed E-state index contributed by atoms with van der Waals surface area (Å²) in [6, 6.07) is 19.8. The van der Waals surface area contributed by atoms with Crippen LogP contribution in [0.3, 0.4) is 0 Å². The lowest BCUT2D eigenvalue weighted by Gasteiger charge is -2.13. The van der Waals surface area contributed by atoms with Gasteiger partial charge in [-0.15, -0.1) is 11.6 Å². The van der Waals surface area contributed by atoms with Crippen molar-refractivity contribution in [3.63, 3.8) is 0 Å². The number of anilines is 1. The first-order chi connectivity index (χ1) is 14.6. The van der Waals surface area contributed by atoms with E-state index >= 15 is 0 Å². The van der Waals surface area contributed by atoms with Gasteiger partial charge in [0.15, 0.2) is 5.65 Å². The van der Waals surface area contributed by atoms with Gasteiger partial charge in [0.2, 0.25) is 0 Å². The highest BCUT2D eigenvalue weighted by Crippen LogP contribution is 2.28. The van der Waals surface area contributed by atoms with Crippen molar-refractivity contribution in [2.75, 3.05) is 11.9 Å². The van der Waals surface area contributed by atoms with Crippen LogP contribution in [0.5, 0.6) is 0 Å². The molecular formula is C23H21ClN4O2. The second-order valence-electron chi connectivity index (χ2n) is 6.96. The molecule has 152 valence electrons. The first-order valence-corrected chi connectivity index (χ1v) is 10.1. The van der Waals surface area contributed by atoms with Crippen molar-refractivity contribution in [1.29, 1.82) is 0 Å². The Kier molecular flexibility index (Phi) is 5.95. The maximum Gasteiger partial charge on any atom is 0.339 e. The van der Waals surface area contributed by atoms with E-state index in [0.29, 0.717) is 29.8 Å². The van der Waals surface area contributed by atoms with Crippen molar-refractivity contribution < 1.29 is 9.90 Å². The molecule has 1 atom stereocenters. The quantitative estimate of drug-likeness (QED) is 0.401. The Hall–Kier alpha value is -3.38. The maximum absolute atomic E-state index is 11.7. The van der Waals surface area contributed by atoms with Gasteiger partial charge >= 0.3 is 5.97 Å². The highest BCUT2D eigenvalue weighted by molar-refractivity contribution is 6.20. The Labute approximate surface area is 179 Å². The normalized spacial score (nSPS) is 12.0. The number of aromatic nitrogens is 3. The summed E-state index contributed by atoms with van der Waals surface area (Å²) in [7, 11) is 0. The van der Waals surface area contributed by atoms with E-state index < -0.39 is 5.97 Å². The topological polar surface area (TPSA) is 80.0 Å². The van der Waals surface area contributed by atoms with Crippen molar-refractivity contribution in [1.82, 2.24) is 14.8 Å². The number of aromatic carboxylic acids is 1. The van der Waals surface area contributed by atoms with Gasteiger partial charge in [-0.2, -0.15) is 5.10 Å². The number of carbonyl (C=O) groups is 1. The minimum absolute atomic E-state index is 0.126. The number of fused-ring (bicyclic) bond motifs is 1. The molecule has 0 fully saturated rings. The second-order valence-corrected chi connectivity index (χ2v) is 7.48. The van der Waals surface area contributed by atoms with E-state index in [9.17, 15) is 9.90 Å². The van der Waals surface area contributed by atoms with Crippen LogP contribution in [-0.2, 0) is 13.0 Å². The van der Waals surface area contributed by atoms with Crippen LogP contribution in [0.15, 0.2) is 73.1 Å². The highest BCUT2D eigenvalue weighted by Gasteiger charge is 2.19. The number of carboxylic acids is 1. The molecule has 2 aromatic heterocycles. The Balaban J connectivity index is 1.60. The zero-order valence-corrected chi connectivity index (χ0v) is 17.0. The van der Waals surface area contributed by atoms with Crippen molar-refractivity contribution in [2.24, 2.45) is 0 Å². The molecule has 0 saturated heterocycles. The molecule has 2 heterocycles. The standard InChI is InChI=1S/C23H21ClN4O2/c24-20(17-9-5-2-6-10-17)15-28-22-18(14-27-28)21(19(13-26-22)23(29)30)25-12-11-16-7-3-1-4-8-16/h1-10,13-14,20H,11-12,15H2,(H,25,26)(H,29,30). The molecule has 7 heteroatoms. The smallest absolute Gasteiger partial charge is 0.339 e. The lowest BCUT2D eigenvalue weighted by molar-refractivity contribution is 0.0697. The molecule has 4 aromatic rings. The van der Waals surface area contributed by atoms with Gasteiger partial charge in [0, 0.05) is 12.7 Å². The average molecular weight is 421 g/mol. The monoisotopic (exact) mass is 420 g/mol. The molecule has 30 heavy (non-hydrogen) atoms. The molecule has 0 radical (unpaired) electrons. The number of hydrogen-bond acceptors (Lipinski definition) is 4. The minimum Gasteiger partial charge on any atom is -0.478 e. The third-order valence-corrected chi connectivity index (χ3v) is 5.34. The Bertz CT molecular complexity index is 1150. The van der Waals surface area contributed by atoms with Crippen LogP contribution < -0.4 is 5.32 Å². The summed E-state index contributed by atoms with van der Waals surface area (Å²) in [4.78, 5) is 16.1. The number of alkyl halides is 1. The molecule has 0 spiro atoms. The predicted octanol–water partition coefficient (Wildman–Crippen LogP) is 4.76. The molecule has 0 aliphatic rings. The van der Waals surface area contributed by atoms with Gasteiger partial charge in [-0.25, -0.2) is 14.5 Å². The van der Waals surface area contributed by atoms with Crippen LogP contribution in [-0.4, -0.2) is 32.4 Å². The fraction of sp³-hybridized carbons (Fsp3) is 0.174. The average Bonchev–Trinajstić information content (AvgIpc) is 3.18. The van der Waals surface area contributed by atoms with E-state index in [0.717, 1.165) is 12.0 Å². The van der Waals surface area contributed by atoms with Crippen LogP contribution in [0.25, 0.3) is 11.0 Å². The summed E-state index contributed by atoms with van der Waals surface area (Å²) in [6.07, 6.45) is 3.79. The Morgan fingerprint density at radius 2 is 1.77 bits per heavy atom. The SMILES string of the molecule is O=C(O)c1cnc2c(cnn2CC(Cl)c2ccccc2)c1NCCc1ccccc1. The zero-order chi connectivity index (χ0) is 20.9. The number of nitrogens with zero attached hydrogens (tertiary/aromatic N) is 3. The molecule has 0 bridgehead atoms. The summed E-state index contributed by atoms with van der Waals surface area (Å²) in [5.41, 5.74) is 3.42. The molecular weight excluding hydrogens is 400 g/mol. The first-order valence-electron chi connectivity index (χ1n) is 9.68. The molecule has 6 nitrogen and oxygen atoms in total. The van der Waals surface area contributed by atoms with Crippen molar-refractivity contribution in [2.45, 2.75) is 18.3 Å². The molecule has 0 aliphatic carbocycles. The first kappa shape index (κ1) is 19.9. The van der Waals surface area contributed by atoms with Gasteiger partial charge < -0.3 is 10.4 Å². The van der Waals surface area contributed by atoms with Crippen LogP contribution in [0.1, 0.15) is 26.9 Å². The summed E-state index contributed by atoms with van der Waals surface area (Å²) < 4.78 is 1.72. The molecule has 0 saturated carbocycles. The summed E-state index contributed by atoms with van der Waals surface area (Å²) in [5.74, 6) is -1.03.